The van der Waals surface area contributed by atoms with Crippen LogP contribution >= 0.6 is 15.9 Å². The van der Waals surface area contributed by atoms with Crippen LogP contribution in [-0.4, -0.2) is 45.7 Å². The fourth-order valence-corrected chi connectivity index (χ4v) is 4.93. The normalized spacial score (nSPS) is 21.7. The van der Waals surface area contributed by atoms with Crippen molar-refractivity contribution in [3.8, 4) is 0 Å². The first-order chi connectivity index (χ1) is 14.9. The Balaban J connectivity index is 2.12. The molecule has 0 aromatic heterocycles. The standard InChI is InChI=1S/C22H21BrN2O6/c1-24-17-7-5-4-6-16(17)22(18(24)26)21(19(27)29-2,20(28)30-3)12-13-31-25(22)15-10-8-14(23)9-11-15/h4-11H,12-13H2,1-3H3. The van der Waals surface area contributed by atoms with Crippen LogP contribution in [0.15, 0.2) is 53.0 Å². The topological polar surface area (TPSA) is 85.4 Å². The zero-order valence-electron chi connectivity index (χ0n) is 17.3. The molecule has 2 aliphatic heterocycles. The fourth-order valence-electron chi connectivity index (χ4n) is 4.67. The highest BCUT2D eigenvalue weighted by atomic mass is 79.9. The van der Waals surface area contributed by atoms with Gasteiger partial charge in [0.25, 0.3) is 5.91 Å². The first kappa shape index (κ1) is 21.3. The molecule has 0 N–H and O–H groups in total. The third-order valence-electron chi connectivity index (χ3n) is 6.02. The van der Waals surface area contributed by atoms with Gasteiger partial charge in [-0.05, 0) is 30.3 Å². The van der Waals surface area contributed by atoms with Crippen LogP contribution in [0.4, 0.5) is 11.4 Å². The second-order valence-corrected chi connectivity index (χ2v) is 8.25. The average molecular weight is 489 g/mol. The van der Waals surface area contributed by atoms with Gasteiger partial charge in [-0.15, -0.1) is 0 Å². The van der Waals surface area contributed by atoms with Crippen molar-refractivity contribution < 1.29 is 28.7 Å². The zero-order valence-corrected chi connectivity index (χ0v) is 18.8. The van der Waals surface area contributed by atoms with E-state index in [9.17, 15) is 14.4 Å². The quantitative estimate of drug-likeness (QED) is 0.484. The van der Waals surface area contributed by atoms with Gasteiger partial charge in [0.1, 0.15) is 0 Å². The summed E-state index contributed by atoms with van der Waals surface area (Å²) in [7, 11) is 3.98. The number of esters is 2. The lowest BCUT2D eigenvalue weighted by molar-refractivity contribution is -0.191. The highest BCUT2D eigenvalue weighted by Crippen LogP contribution is 2.59. The summed E-state index contributed by atoms with van der Waals surface area (Å²) in [5.74, 6) is -2.21. The minimum atomic E-state index is -1.99. The number of benzene rings is 2. The molecule has 1 unspecified atom stereocenters. The lowest BCUT2D eigenvalue weighted by atomic mass is 9.62. The molecule has 1 spiro atoms. The number of hydrogen-bond donors (Lipinski definition) is 0. The van der Waals surface area contributed by atoms with E-state index in [1.165, 1.54) is 24.2 Å². The van der Waals surface area contributed by atoms with Gasteiger partial charge in [0.2, 0.25) is 5.41 Å². The molecule has 0 radical (unpaired) electrons. The summed E-state index contributed by atoms with van der Waals surface area (Å²) < 4.78 is 11.0. The summed E-state index contributed by atoms with van der Waals surface area (Å²) in [6.07, 6.45) is -0.0900. The van der Waals surface area contributed by atoms with E-state index < -0.39 is 28.8 Å². The van der Waals surface area contributed by atoms with E-state index in [2.05, 4.69) is 15.9 Å². The Morgan fingerprint density at radius 3 is 2.26 bits per heavy atom. The summed E-state index contributed by atoms with van der Waals surface area (Å²) in [6.45, 7) is 0.00117. The smallest absolute Gasteiger partial charge is 0.326 e. The molecule has 2 aliphatic rings. The predicted octanol–water partition coefficient (Wildman–Crippen LogP) is 2.80. The summed E-state index contributed by atoms with van der Waals surface area (Å²) in [4.78, 5) is 48.2. The second-order valence-electron chi connectivity index (χ2n) is 7.33. The monoisotopic (exact) mass is 488 g/mol. The molecule has 0 bridgehead atoms. The Bertz CT molecular complexity index is 1040. The van der Waals surface area contributed by atoms with Crippen LogP contribution in [0.5, 0.6) is 0 Å². The minimum Gasteiger partial charge on any atom is -0.468 e. The van der Waals surface area contributed by atoms with Crippen LogP contribution in [-0.2, 0) is 34.2 Å². The molecule has 4 rings (SSSR count). The van der Waals surface area contributed by atoms with E-state index in [4.69, 9.17) is 14.3 Å². The van der Waals surface area contributed by atoms with E-state index in [0.29, 0.717) is 16.9 Å². The summed E-state index contributed by atoms with van der Waals surface area (Å²) in [5, 5.41) is 1.36. The summed E-state index contributed by atoms with van der Waals surface area (Å²) >= 11 is 3.40. The molecular weight excluding hydrogens is 468 g/mol. The first-order valence-electron chi connectivity index (χ1n) is 9.59. The maximum absolute atomic E-state index is 14.0. The Kier molecular flexibility index (Phi) is 5.26. The van der Waals surface area contributed by atoms with Gasteiger partial charge >= 0.3 is 11.9 Å². The highest BCUT2D eigenvalue weighted by Gasteiger charge is 2.76. The Hall–Kier alpha value is -2.91. The maximum atomic E-state index is 14.0. The molecule has 8 nitrogen and oxygen atoms in total. The van der Waals surface area contributed by atoms with Crippen molar-refractivity contribution in [2.45, 2.75) is 12.0 Å². The summed E-state index contributed by atoms with van der Waals surface area (Å²) in [6, 6.07) is 14.1. The number of carbonyl (C=O) groups is 3. The number of anilines is 2. The molecule has 162 valence electrons. The van der Waals surface area contributed by atoms with Crippen molar-refractivity contribution in [2.75, 3.05) is 37.8 Å². The second kappa shape index (κ2) is 7.65. The molecule has 31 heavy (non-hydrogen) atoms. The van der Waals surface area contributed by atoms with Gasteiger partial charge in [0, 0.05) is 29.2 Å². The lowest BCUT2D eigenvalue weighted by Gasteiger charge is -2.52. The number of carbonyl (C=O) groups excluding carboxylic acids is 3. The van der Waals surface area contributed by atoms with Gasteiger partial charge in [0.05, 0.1) is 26.5 Å². The molecule has 2 heterocycles. The van der Waals surface area contributed by atoms with Gasteiger partial charge in [-0.3, -0.25) is 19.2 Å². The van der Waals surface area contributed by atoms with E-state index in [1.54, 1.807) is 55.6 Å². The van der Waals surface area contributed by atoms with Crippen molar-refractivity contribution in [3.63, 3.8) is 0 Å². The van der Waals surface area contributed by atoms with Crippen LogP contribution in [0, 0.1) is 5.41 Å². The average Bonchev–Trinajstić information content (AvgIpc) is 3.02. The van der Waals surface area contributed by atoms with Gasteiger partial charge < -0.3 is 14.4 Å². The number of likely N-dealkylation sites (N-methyl/N-ethyl adjacent to an activating group) is 1. The number of halogens is 1. The molecule has 1 amide bonds. The Morgan fingerprint density at radius 2 is 1.65 bits per heavy atom. The largest absolute Gasteiger partial charge is 0.468 e. The number of fused-ring (bicyclic) bond motifs is 2. The Morgan fingerprint density at radius 1 is 1.03 bits per heavy atom. The van der Waals surface area contributed by atoms with Gasteiger partial charge in [-0.2, -0.15) is 0 Å². The molecule has 1 fully saturated rings. The molecule has 1 atom stereocenters. The third kappa shape index (κ3) is 2.66. The van der Waals surface area contributed by atoms with Crippen LogP contribution < -0.4 is 9.96 Å². The van der Waals surface area contributed by atoms with Crippen LogP contribution in [0.2, 0.25) is 0 Å². The lowest BCUT2D eigenvalue weighted by Crippen LogP contribution is -2.71. The minimum absolute atomic E-state index is 0.00117. The van der Waals surface area contributed by atoms with Crippen LogP contribution in [0.1, 0.15) is 12.0 Å². The molecule has 2 aromatic carbocycles. The summed E-state index contributed by atoms with van der Waals surface area (Å²) in [5.41, 5.74) is -2.32. The number of rotatable bonds is 3. The number of para-hydroxylation sites is 1. The zero-order chi connectivity index (χ0) is 22.4. The predicted molar refractivity (Wildman–Crippen MR) is 115 cm³/mol. The van der Waals surface area contributed by atoms with Gasteiger partial charge in [-0.25, -0.2) is 5.06 Å². The van der Waals surface area contributed by atoms with E-state index in [1.807, 2.05) is 0 Å². The Labute approximate surface area is 187 Å². The molecule has 1 saturated heterocycles. The molecule has 9 heteroatoms. The number of nitrogens with zero attached hydrogens (tertiary/aromatic N) is 2. The van der Waals surface area contributed by atoms with Crippen LogP contribution in [0.3, 0.4) is 0 Å². The van der Waals surface area contributed by atoms with Crippen molar-refractivity contribution in [2.24, 2.45) is 5.41 Å². The van der Waals surface area contributed by atoms with E-state index in [-0.39, 0.29) is 13.0 Å². The number of amides is 1. The number of hydrogen-bond acceptors (Lipinski definition) is 7. The number of hydroxylamine groups is 1. The van der Waals surface area contributed by atoms with Crippen molar-refractivity contribution in [1.82, 2.24) is 0 Å². The SMILES string of the molecule is COC(=O)C1(C(=O)OC)CCON(c2ccc(Br)cc2)C12C(=O)N(C)c1ccccc12. The van der Waals surface area contributed by atoms with E-state index in [0.717, 1.165) is 4.47 Å². The third-order valence-corrected chi connectivity index (χ3v) is 6.55. The highest BCUT2D eigenvalue weighted by molar-refractivity contribution is 9.10. The van der Waals surface area contributed by atoms with Crippen molar-refractivity contribution in [1.29, 1.82) is 0 Å². The van der Waals surface area contributed by atoms with Crippen LogP contribution in [0.25, 0.3) is 0 Å². The molecule has 2 aromatic rings. The van der Waals surface area contributed by atoms with Gasteiger partial charge in [-0.1, -0.05) is 34.1 Å². The maximum Gasteiger partial charge on any atom is 0.326 e. The van der Waals surface area contributed by atoms with Gasteiger partial charge in [0.15, 0.2) is 5.54 Å². The molecule has 0 saturated carbocycles. The molecule has 0 aliphatic carbocycles. The number of ether oxygens (including phenoxy) is 2. The molecular formula is C22H21BrN2O6. The number of methoxy groups -OCH3 is 2. The van der Waals surface area contributed by atoms with E-state index >= 15 is 0 Å². The fraction of sp³-hybridized carbons (Fsp3) is 0.318. The first-order valence-corrected chi connectivity index (χ1v) is 10.4. The van der Waals surface area contributed by atoms with Crippen molar-refractivity contribution >= 4 is 45.2 Å². The van der Waals surface area contributed by atoms with Crippen molar-refractivity contribution in [3.05, 3.63) is 58.6 Å².